The minimum atomic E-state index is -0.656. The standard InChI is InChI=1S/C17H21NO2/c1-12(19)10-17(20)16(18-2)11-14-8-5-7-13-6-3-4-9-15(13)14/h3-9,16-18,20H,10-11H2,1-2H3/t16-,17-/m0/s1. The van der Waals surface area contributed by atoms with Gasteiger partial charge in [-0.1, -0.05) is 42.5 Å². The first-order valence-corrected chi connectivity index (χ1v) is 6.93. The van der Waals surface area contributed by atoms with Crippen LogP contribution in [0.5, 0.6) is 0 Å². The van der Waals surface area contributed by atoms with Crippen LogP contribution in [0.3, 0.4) is 0 Å². The number of aliphatic hydroxyl groups excluding tert-OH is 1. The van der Waals surface area contributed by atoms with Crippen molar-refractivity contribution < 1.29 is 9.90 Å². The Bertz CT molecular complexity index is 589. The molecular weight excluding hydrogens is 250 g/mol. The Morgan fingerprint density at radius 1 is 1.20 bits per heavy atom. The minimum absolute atomic E-state index is 0.00988. The average Bonchev–Trinajstić information content (AvgIpc) is 2.44. The van der Waals surface area contributed by atoms with E-state index in [2.05, 4.69) is 29.6 Å². The van der Waals surface area contributed by atoms with Crippen molar-refractivity contribution in [2.24, 2.45) is 0 Å². The lowest BCUT2D eigenvalue weighted by molar-refractivity contribution is -0.119. The van der Waals surface area contributed by atoms with Crippen molar-refractivity contribution in [1.82, 2.24) is 5.32 Å². The molecule has 3 heteroatoms. The summed E-state index contributed by atoms with van der Waals surface area (Å²) in [5, 5.41) is 15.6. The van der Waals surface area contributed by atoms with Crippen LogP contribution in [0, 0.1) is 0 Å². The highest BCUT2D eigenvalue weighted by atomic mass is 16.3. The van der Waals surface area contributed by atoms with E-state index in [0.29, 0.717) is 6.42 Å². The van der Waals surface area contributed by atoms with E-state index in [-0.39, 0.29) is 18.2 Å². The maximum atomic E-state index is 11.2. The maximum Gasteiger partial charge on any atom is 0.132 e. The van der Waals surface area contributed by atoms with Crippen molar-refractivity contribution >= 4 is 16.6 Å². The quantitative estimate of drug-likeness (QED) is 0.847. The monoisotopic (exact) mass is 271 g/mol. The first-order chi connectivity index (χ1) is 9.61. The number of ketones is 1. The molecule has 2 atom stereocenters. The molecule has 0 spiro atoms. The summed E-state index contributed by atoms with van der Waals surface area (Å²) in [5.74, 6) is 0.00988. The number of rotatable bonds is 6. The zero-order valence-electron chi connectivity index (χ0n) is 12.0. The molecule has 2 aromatic carbocycles. The number of hydrogen-bond donors (Lipinski definition) is 2. The molecule has 106 valence electrons. The number of nitrogens with one attached hydrogen (secondary N) is 1. The van der Waals surface area contributed by atoms with Gasteiger partial charge in [0.05, 0.1) is 6.10 Å². The topological polar surface area (TPSA) is 49.3 Å². The minimum Gasteiger partial charge on any atom is -0.391 e. The fraction of sp³-hybridized carbons (Fsp3) is 0.353. The van der Waals surface area contributed by atoms with Crippen LogP contribution in [0.1, 0.15) is 18.9 Å². The predicted octanol–water partition coefficient (Wildman–Crippen LogP) is 2.31. The Kier molecular flexibility index (Phi) is 4.88. The van der Waals surface area contributed by atoms with Gasteiger partial charge in [0.2, 0.25) is 0 Å². The fourth-order valence-electron chi connectivity index (χ4n) is 2.57. The molecule has 0 radical (unpaired) electrons. The molecule has 2 rings (SSSR count). The Labute approximate surface area is 119 Å². The lowest BCUT2D eigenvalue weighted by Gasteiger charge is -2.22. The zero-order chi connectivity index (χ0) is 14.5. The van der Waals surface area contributed by atoms with Gasteiger partial charge in [-0.3, -0.25) is 4.79 Å². The number of likely N-dealkylation sites (N-methyl/N-ethyl adjacent to an activating group) is 1. The predicted molar refractivity (Wildman–Crippen MR) is 81.8 cm³/mol. The molecule has 2 aromatic rings. The number of fused-ring (bicyclic) bond motifs is 1. The lowest BCUT2D eigenvalue weighted by atomic mass is 9.94. The SMILES string of the molecule is CN[C@@H](Cc1cccc2ccccc12)[C@@H](O)CC(C)=O. The van der Waals surface area contributed by atoms with E-state index in [1.165, 1.54) is 23.3 Å². The second-order valence-electron chi connectivity index (χ2n) is 5.21. The van der Waals surface area contributed by atoms with Gasteiger partial charge in [0.1, 0.15) is 5.78 Å². The van der Waals surface area contributed by atoms with Gasteiger partial charge < -0.3 is 10.4 Å². The largest absolute Gasteiger partial charge is 0.391 e. The molecule has 0 bridgehead atoms. The molecule has 2 N–H and O–H groups in total. The molecular formula is C17H21NO2. The molecule has 0 aliphatic rings. The van der Waals surface area contributed by atoms with Gasteiger partial charge in [-0.05, 0) is 36.7 Å². The Morgan fingerprint density at radius 3 is 2.60 bits per heavy atom. The third-order valence-corrected chi connectivity index (χ3v) is 3.65. The van der Waals surface area contributed by atoms with Crippen LogP contribution in [0.25, 0.3) is 10.8 Å². The lowest BCUT2D eigenvalue weighted by Crippen LogP contribution is -2.40. The first kappa shape index (κ1) is 14.7. The molecule has 0 aromatic heterocycles. The Morgan fingerprint density at radius 2 is 1.90 bits per heavy atom. The summed E-state index contributed by atoms with van der Waals surface area (Å²) < 4.78 is 0. The van der Waals surface area contributed by atoms with Crippen molar-refractivity contribution in [1.29, 1.82) is 0 Å². The summed E-state index contributed by atoms with van der Waals surface area (Å²) in [6.07, 6.45) is 0.235. The van der Waals surface area contributed by atoms with Crippen molar-refractivity contribution in [2.75, 3.05) is 7.05 Å². The van der Waals surface area contributed by atoms with Gasteiger partial charge in [-0.2, -0.15) is 0 Å². The van der Waals surface area contributed by atoms with E-state index in [0.717, 1.165) is 0 Å². The van der Waals surface area contributed by atoms with Crippen LogP contribution < -0.4 is 5.32 Å². The van der Waals surface area contributed by atoms with Gasteiger partial charge in [-0.15, -0.1) is 0 Å². The molecule has 0 aliphatic heterocycles. The first-order valence-electron chi connectivity index (χ1n) is 6.93. The van der Waals surface area contributed by atoms with Crippen LogP contribution >= 0.6 is 0 Å². The van der Waals surface area contributed by atoms with Gasteiger partial charge >= 0.3 is 0 Å². The highest BCUT2D eigenvalue weighted by Gasteiger charge is 2.20. The van der Waals surface area contributed by atoms with Crippen molar-refractivity contribution in [3.8, 4) is 0 Å². The third kappa shape index (κ3) is 3.44. The van der Waals surface area contributed by atoms with Crippen LogP contribution in [0.2, 0.25) is 0 Å². The van der Waals surface area contributed by atoms with Gasteiger partial charge in [0.25, 0.3) is 0 Å². The average molecular weight is 271 g/mol. The molecule has 0 fully saturated rings. The number of aliphatic hydroxyl groups is 1. The summed E-state index contributed by atoms with van der Waals surface area (Å²) in [7, 11) is 1.82. The third-order valence-electron chi connectivity index (χ3n) is 3.65. The zero-order valence-corrected chi connectivity index (χ0v) is 12.0. The van der Waals surface area contributed by atoms with Crippen LogP contribution in [0.4, 0.5) is 0 Å². The molecule has 3 nitrogen and oxygen atoms in total. The molecule has 0 unspecified atom stereocenters. The number of benzene rings is 2. The fourth-order valence-corrected chi connectivity index (χ4v) is 2.57. The number of Topliss-reactive ketones (excluding diaryl/α,β-unsaturated/α-hetero) is 1. The summed E-state index contributed by atoms with van der Waals surface area (Å²) in [6.45, 7) is 1.51. The second kappa shape index (κ2) is 6.64. The summed E-state index contributed by atoms with van der Waals surface area (Å²) >= 11 is 0. The molecule has 0 aliphatic carbocycles. The Hall–Kier alpha value is -1.71. The van der Waals surface area contributed by atoms with Gasteiger partial charge in [0.15, 0.2) is 0 Å². The number of carbonyl (C=O) groups excluding carboxylic acids is 1. The molecule has 0 saturated heterocycles. The highest BCUT2D eigenvalue weighted by molar-refractivity contribution is 5.85. The summed E-state index contributed by atoms with van der Waals surface area (Å²) in [4.78, 5) is 11.2. The number of hydrogen-bond acceptors (Lipinski definition) is 3. The van der Waals surface area contributed by atoms with Crippen molar-refractivity contribution in [2.45, 2.75) is 31.9 Å². The second-order valence-corrected chi connectivity index (χ2v) is 5.21. The normalized spacial score (nSPS) is 14.2. The molecule has 0 heterocycles. The van der Waals surface area contributed by atoms with Crippen LogP contribution in [-0.4, -0.2) is 30.1 Å². The van der Waals surface area contributed by atoms with Crippen LogP contribution in [-0.2, 0) is 11.2 Å². The van der Waals surface area contributed by atoms with Crippen molar-refractivity contribution in [3.05, 3.63) is 48.0 Å². The highest BCUT2D eigenvalue weighted by Crippen LogP contribution is 2.20. The van der Waals surface area contributed by atoms with E-state index in [9.17, 15) is 9.90 Å². The number of carbonyl (C=O) groups is 1. The van der Waals surface area contributed by atoms with E-state index < -0.39 is 6.10 Å². The van der Waals surface area contributed by atoms with E-state index in [1.54, 1.807) is 0 Å². The summed E-state index contributed by atoms with van der Waals surface area (Å²) in [6, 6.07) is 14.3. The molecule has 0 amide bonds. The van der Waals surface area contributed by atoms with Crippen molar-refractivity contribution in [3.63, 3.8) is 0 Å². The Balaban J connectivity index is 2.23. The van der Waals surface area contributed by atoms with Crippen LogP contribution in [0.15, 0.2) is 42.5 Å². The van der Waals surface area contributed by atoms with E-state index in [4.69, 9.17) is 0 Å². The maximum absolute atomic E-state index is 11.2. The summed E-state index contributed by atoms with van der Waals surface area (Å²) in [5.41, 5.74) is 1.19. The van der Waals surface area contributed by atoms with E-state index in [1.807, 2.05) is 25.2 Å². The van der Waals surface area contributed by atoms with Gasteiger partial charge in [0, 0.05) is 12.5 Å². The smallest absolute Gasteiger partial charge is 0.132 e. The molecule has 20 heavy (non-hydrogen) atoms. The molecule has 0 saturated carbocycles. The van der Waals surface area contributed by atoms with E-state index >= 15 is 0 Å². The van der Waals surface area contributed by atoms with Gasteiger partial charge in [-0.25, -0.2) is 0 Å².